The normalized spacial score (nSPS) is 10.6. The number of hydrogen-bond acceptors (Lipinski definition) is 3. The summed E-state index contributed by atoms with van der Waals surface area (Å²) in [6.07, 6.45) is 1.86. The molecule has 4 nitrogen and oxygen atoms in total. The predicted molar refractivity (Wildman–Crippen MR) is 72.6 cm³/mol. The minimum absolute atomic E-state index is 0.701. The maximum absolute atomic E-state index is 5.75. The molecule has 0 radical (unpaired) electrons. The molecule has 0 aliphatic heterocycles. The van der Waals surface area contributed by atoms with E-state index < -0.39 is 0 Å². The minimum atomic E-state index is 0.701. The summed E-state index contributed by atoms with van der Waals surface area (Å²) in [6, 6.07) is 10.1. The van der Waals surface area contributed by atoms with Crippen LogP contribution in [0.25, 0.3) is 0 Å². The van der Waals surface area contributed by atoms with E-state index >= 15 is 0 Å². The molecule has 1 aromatic carbocycles. The van der Waals surface area contributed by atoms with Gasteiger partial charge in [0.2, 0.25) is 0 Å². The van der Waals surface area contributed by atoms with Gasteiger partial charge in [-0.1, -0.05) is 12.1 Å². The van der Waals surface area contributed by atoms with Crippen LogP contribution in [-0.2, 0) is 19.9 Å². The second kappa shape index (κ2) is 5.58. The van der Waals surface area contributed by atoms with Crippen molar-refractivity contribution >= 4 is 5.82 Å². The number of hydrogen-bond donors (Lipinski definition) is 1. The van der Waals surface area contributed by atoms with Crippen LogP contribution in [0, 0.1) is 0 Å². The van der Waals surface area contributed by atoms with Crippen molar-refractivity contribution in [2.75, 3.05) is 12.3 Å². The topological polar surface area (TPSA) is 53.1 Å². The molecule has 0 aliphatic carbocycles. The smallest absolute Gasteiger partial charge is 0.121 e. The molecule has 0 amide bonds. The van der Waals surface area contributed by atoms with Gasteiger partial charge in [0.1, 0.15) is 11.6 Å². The van der Waals surface area contributed by atoms with E-state index in [1.165, 1.54) is 5.56 Å². The molecule has 0 saturated carbocycles. The molecule has 0 spiro atoms. The van der Waals surface area contributed by atoms with Crippen LogP contribution in [0.4, 0.5) is 5.82 Å². The van der Waals surface area contributed by atoms with Crippen molar-refractivity contribution in [3.8, 4) is 5.75 Å². The molecule has 0 aliphatic rings. The summed E-state index contributed by atoms with van der Waals surface area (Å²) in [7, 11) is 1.86. The Kier molecular flexibility index (Phi) is 3.87. The fraction of sp³-hybridized carbons (Fsp3) is 0.357. The van der Waals surface area contributed by atoms with Crippen molar-refractivity contribution in [1.29, 1.82) is 0 Å². The standard InChI is InChI=1S/C14H19N3O/c1-3-18-13-8-5-11(6-9-13)4-7-12-10-14(15)17(2)16-12/h5-6,8-10H,3-4,7,15H2,1-2H3. The average Bonchev–Trinajstić information content (AvgIpc) is 2.68. The lowest BCUT2D eigenvalue weighted by atomic mass is 10.1. The summed E-state index contributed by atoms with van der Waals surface area (Å²) in [5.41, 5.74) is 8.06. The van der Waals surface area contributed by atoms with Crippen LogP contribution in [0.5, 0.6) is 5.75 Å². The Morgan fingerprint density at radius 1 is 1.22 bits per heavy atom. The highest BCUT2D eigenvalue weighted by atomic mass is 16.5. The zero-order valence-corrected chi connectivity index (χ0v) is 10.9. The van der Waals surface area contributed by atoms with Crippen molar-refractivity contribution in [1.82, 2.24) is 9.78 Å². The summed E-state index contributed by atoms with van der Waals surface area (Å²) in [6.45, 7) is 2.69. The third kappa shape index (κ3) is 3.03. The van der Waals surface area contributed by atoms with Gasteiger partial charge in [-0.25, -0.2) is 0 Å². The Hall–Kier alpha value is -1.97. The zero-order valence-electron chi connectivity index (χ0n) is 10.9. The molecular formula is C14H19N3O. The van der Waals surface area contributed by atoms with E-state index in [2.05, 4.69) is 17.2 Å². The Labute approximate surface area is 107 Å². The monoisotopic (exact) mass is 245 g/mol. The fourth-order valence-electron chi connectivity index (χ4n) is 1.86. The van der Waals surface area contributed by atoms with E-state index in [4.69, 9.17) is 10.5 Å². The van der Waals surface area contributed by atoms with Crippen LogP contribution < -0.4 is 10.5 Å². The molecule has 96 valence electrons. The van der Waals surface area contributed by atoms with Crippen LogP contribution in [0.2, 0.25) is 0 Å². The summed E-state index contributed by atoms with van der Waals surface area (Å²) in [5.74, 6) is 1.63. The molecule has 0 fully saturated rings. The third-order valence-corrected chi connectivity index (χ3v) is 2.87. The van der Waals surface area contributed by atoms with Gasteiger partial charge in [0.25, 0.3) is 0 Å². The Morgan fingerprint density at radius 3 is 2.50 bits per heavy atom. The van der Waals surface area contributed by atoms with Gasteiger partial charge < -0.3 is 10.5 Å². The number of aryl methyl sites for hydroxylation is 3. The summed E-state index contributed by atoms with van der Waals surface area (Å²) < 4.78 is 7.11. The molecule has 1 heterocycles. The number of aromatic nitrogens is 2. The molecule has 0 bridgehead atoms. The van der Waals surface area contributed by atoms with E-state index in [0.717, 1.165) is 24.3 Å². The highest BCUT2D eigenvalue weighted by molar-refractivity contribution is 5.31. The van der Waals surface area contributed by atoms with Gasteiger partial charge in [-0.05, 0) is 37.5 Å². The number of benzene rings is 1. The molecule has 2 N–H and O–H groups in total. The zero-order chi connectivity index (χ0) is 13.0. The van der Waals surface area contributed by atoms with Crippen molar-refractivity contribution in [3.63, 3.8) is 0 Å². The van der Waals surface area contributed by atoms with Crippen molar-refractivity contribution in [2.45, 2.75) is 19.8 Å². The lowest BCUT2D eigenvalue weighted by Crippen LogP contribution is -1.98. The molecule has 0 unspecified atom stereocenters. The number of nitrogens with two attached hydrogens (primary N) is 1. The average molecular weight is 245 g/mol. The first-order chi connectivity index (χ1) is 8.69. The maximum atomic E-state index is 5.75. The van der Waals surface area contributed by atoms with Crippen LogP contribution >= 0.6 is 0 Å². The highest BCUT2D eigenvalue weighted by Crippen LogP contribution is 2.14. The van der Waals surface area contributed by atoms with Crippen LogP contribution in [0.15, 0.2) is 30.3 Å². The number of nitrogen functional groups attached to an aromatic ring is 1. The van der Waals surface area contributed by atoms with Crippen molar-refractivity contribution in [3.05, 3.63) is 41.6 Å². The number of anilines is 1. The van der Waals surface area contributed by atoms with Gasteiger partial charge in [0.05, 0.1) is 12.3 Å². The molecule has 0 saturated heterocycles. The molecule has 0 atom stereocenters. The van der Waals surface area contributed by atoms with Crippen LogP contribution in [-0.4, -0.2) is 16.4 Å². The first-order valence-electron chi connectivity index (χ1n) is 6.19. The number of rotatable bonds is 5. The van der Waals surface area contributed by atoms with Crippen molar-refractivity contribution in [2.24, 2.45) is 7.05 Å². The lowest BCUT2D eigenvalue weighted by molar-refractivity contribution is 0.340. The van der Waals surface area contributed by atoms with Crippen molar-refractivity contribution < 1.29 is 4.74 Å². The molecular weight excluding hydrogens is 226 g/mol. The van der Waals surface area contributed by atoms with Gasteiger partial charge in [-0.15, -0.1) is 0 Å². The predicted octanol–water partition coefficient (Wildman–Crippen LogP) is 2.19. The van der Waals surface area contributed by atoms with E-state index in [1.807, 2.05) is 32.2 Å². The fourth-order valence-corrected chi connectivity index (χ4v) is 1.86. The maximum Gasteiger partial charge on any atom is 0.121 e. The van der Waals surface area contributed by atoms with E-state index in [1.54, 1.807) is 4.68 Å². The first kappa shape index (κ1) is 12.5. The summed E-state index contributed by atoms with van der Waals surface area (Å²) >= 11 is 0. The van der Waals surface area contributed by atoms with Gasteiger partial charge in [0, 0.05) is 13.1 Å². The molecule has 2 rings (SSSR count). The molecule has 1 aromatic heterocycles. The van der Waals surface area contributed by atoms with Gasteiger partial charge in [-0.3, -0.25) is 4.68 Å². The summed E-state index contributed by atoms with van der Waals surface area (Å²) in [5, 5.41) is 4.34. The SMILES string of the molecule is CCOc1ccc(CCc2cc(N)n(C)n2)cc1. The number of nitrogens with zero attached hydrogens (tertiary/aromatic N) is 2. The molecule has 18 heavy (non-hydrogen) atoms. The Morgan fingerprint density at radius 2 is 1.94 bits per heavy atom. The largest absolute Gasteiger partial charge is 0.494 e. The van der Waals surface area contributed by atoms with E-state index in [-0.39, 0.29) is 0 Å². The van der Waals surface area contributed by atoms with Gasteiger partial charge >= 0.3 is 0 Å². The minimum Gasteiger partial charge on any atom is -0.494 e. The van der Waals surface area contributed by atoms with Gasteiger partial charge in [0.15, 0.2) is 0 Å². The molecule has 2 aromatic rings. The quantitative estimate of drug-likeness (QED) is 0.878. The van der Waals surface area contributed by atoms with E-state index in [0.29, 0.717) is 12.4 Å². The summed E-state index contributed by atoms with van der Waals surface area (Å²) in [4.78, 5) is 0. The Bertz CT molecular complexity index is 483. The lowest BCUT2D eigenvalue weighted by Gasteiger charge is -2.04. The highest BCUT2D eigenvalue weighted by Gasteiger charge is 2.02. The third-order valence-electron chi connectivity index (χ3n) is 2.87. The van der Waals surface area contributed by atoms with E-state index in [9.17, 15) is 0 Å². The van der Waals surface area contributed by atoms with Gasteiger partial charge in [-0.2, -0.15) is 5.10 Å². The second-order valence-corrected chi connectivity index (χ2v) is 4.26. The number of ether oxygens (including phenoxy) is 1. The second-order valence-electron chi connectivity index (χ2n) is 4.26. The first-order valence-corrected chi connectivity index (χ1v) is 6.19. The molecule has 4 heteroatoms. The van der Waals surface area contributed by atoms with Crippen LogP contribution in [0.3, 0.4) is 0 Å². The Balaban J connectivity index is 1.93. The van der Waals surface area contributed by atoms with Crippen LogP contribution in [0.1, 0.15) is 18.2 Å².